The number of thiol groups is 1. The van der Waals surface area contributed by atoms with Gasteiger partial charge in [0.15, 0.2) is 0 Å². The van der Waals surface area contributed by atoms with Crippen molar-refractivity contribution in [2.45, 2.75) is 27.7 Å². The molecule has 0 atom stereocenters. The molecule has 0 saturated heterocycles. The number of rotatable bonds is 0. The molecule has 0 saturated carbocycles. The molecule has 0 bridgehead atoms. The normalized spacial score (nSPS) is 9.50. The molecule has 0 aliphatic carbocycles. The number of hydrogen-bond acceptors (Lipinski definition) is 1. The van der Waals surface area contributed by atoms with E-state index in [9.17, 15) is 0 Å². The summed E-state index contributed by atoms with van der Waals surface area (Å²) in [7, 11) is 0. The first-order valence-corrected chi connectivity index (χ1v) is 8.00. The lowest BCUT2D eigenvalue weighted by Crippen LogP contribution is -1.87. The van der Waals surface area contributed by atoms with Crippen molar-refractivity contribution in [3.63, 3.8) is 0 Å². The van der Waals surface area contributed by atoms with Crippen LogP contribution in [0.4, 0.5) is 0 Å². The molecule has 3 aromatic rings. The summed E-state index contributed by atoms with van der Waals surface area (Å²) in [6.07, 6.45) is 1.69. The Balaban J connectivity index is 0.000000461. The molecule has 0 nitrogen and oxygen atoms in total. The van der Waals surface area contributed by atoms with Gasteiger partial charge in [-0.2, -0.15) is 12.6 Å². The lowest BCUT2D eigenvalue weighted by Gasteiger charge is -2.11. The van der Waals surface area contributed by atoms with Gasteiger partial charge < -0.3 is 0 Å². The molecule has 0 fully saturated rings. The van der Waals surface area contributed by atoms with E-state index in [-0.39, 0.29) is 0 Å². The molecule has 0 radical (unpaired) electrons. The van der Waals surface area contributed by atoms with Crippen LogP contribution in [0.25, 0.3) is 21.5 Å². The van der Waals surface area contributed by atoms with Gasteiger partial charge >= 0.3 is 0 Å². The van der Waals surface area contributed by atoms with Crippen molar-refractivity contribution in [3.05, 3.63) is 59.7 Å². The van der Waals surface area contributed by atoms with Gasteiger partial charge in [-0.3, -0.25) is 0 Å². The molecule has 0 unspecified atom stereocenters. The van der Waals surface area contributed by atoms with Crippen LogP contribution in [0.5, 0.6) is 0 Å². The zero-order valence-corrected chi connectivity index (χ0v) is 14.0. The van der Waals surface area contributed by atoms with Crippen LogP contribution < -0.4 is 0 Å². The maximum atomic E-state index is 3.53. The van der Waals surface area contributed by atoms with Crippen molar-refractivity contribution in [2.75, 3.05) is 6.26 Å². The quantitative estimate of drug-likeness (QED) is 0.370. The fourth-order valence-corrected chi connectivity index (χ4v) is 2.56. The van der Waals surface area contributed by atoms with Gasteiger partial charge in [-0.05, 0) is 52.8 Å². The second-order valence-corrected chi connectivity index (χ2v) is 4.34. The summed E-state index contributed by atoms with van der Waals surface area (Å²) in [5.41, 5.74) is 2.77. The summed E-state index contributed by atoms with van der Waals surface area (Å²) >= 11 is 3.53. The molecule has 0 aromatic heterocycles. The van der Waals surface area contributed by atoms with Crippen LogP contribution in [-0.4, -0.2) is 6.26 Å². The molecular formula is C19H24S. The van der Waals surface area contributed by atoms with Crippen LogP contribution in [-0.2, 0) is 0 Å². The van der Waals surface area contributed by atoms with E-state index >= 15 is 0 Å². The second-order valence-electron chi connectivity index (χ2n) is 4.34. The van der Waals surface area contributed by atoms with Crippen LogP contribution in [0.1, 0.15) is 25.0 Å². The Morgan fingerprint density at radius 2 is 0.750 bits per heavy atom. The first-order valence-electron chi connectivity index (χ1n) is 7.10. The molecule has 20 heavy (non-hydrogen) atoms. The lowest BCUT2D eigenvalue weighted by atomic mass is 9.93. The predicted molar refractivity (Wildman–Crippen MR) is 97.2 cm³/mol. The zero-order valence-electron chi connectivity index (χ0n) is 13.1. The standard InChI is InChI=1S/C16H14.C2H6.CH4S/c1-11-13-7-3-5-9-15(13)12(2)16-10-6-4-8-14(11)16;2*1-2/h3-10H,1-2H3;1-2H3;2H,1H3. The molecule has 0 aliphatic heterocycles. The molecule has 0 spiro atoms. The Morgan fingerprint density at radius 3 is 0.950 bits per heavy atom. The van der Waals surface area contributed by atoms with Crippen molar-refractivity contribution in [1.29, 1.82) is 0 Å². The average Bonchev–Trinajstić information content (AvgIpc) is 2.56. The van der Waals surface area contributed by atoms with Gasteiger partial charge in [0, 0.05) is 0 Å². The zero-order chi connectivity index (χ0) is 15.1. The van der Waals surface area contributed by atoms with Gasteiger partial charge in [0.05, 0.1) is 0 Å². The molecule has 3 aromatic carbocycles. The van der Waals surface area contributed by atoms with E-state index in [4.69, 9.17) is 0 Å². The minimum Gasteiger partial charge on any atom is -0.183 e. The third-order valence-electron chi connectivity index (χ3n) is 3.47. The Hall–Kier alpha value is -1.47. The van der Waals surface area contributed by atoms with Crippen LogP contribution in [0.15, 0.2) is 48.5 Å². The Kier molecular flexibility index (Phi) is 6.60. The van der Waals surface area contributed by atoms with Crippen LogP contribution >= 0.6 is 12.6 Å². The summed E-state index contributed by atoms with van der Waals surface area (Å²) < 4.78 is 0. The third-order valence-corrected chi connectivity index (χ3v) is 3.47. The Labute approximate surface area is 128 Å². The summed E-state index contributed by atoms with van der Waals surface area (Å²) in [5, 5.41) is 5.50. The highest BCUT2D eigenvalue weighted by molar-refractivity contribution is 7.79. The SMILES string of the molecule is CC.CS.Cc1c2ccccc2c(C)c2ccccc12. The topological polar surface area (TPSA) is 0 Å². The summed E-state index contributed by atoms with van der Waals surface area (Å²) in [5.74, 6) is 0. The Morgan fingerprint density at radius 1 is 0.550 bits per heavy atom. The van der Waals surface area contributed by atoms with Gasteiger partial charge in [0.1, 0.15) is 0 Å². The Bertz CT molecular complexity index is 567. The molecule has 1 heteroatoms. The monoisotopic (exact) mass is 284 g/mol. The molecule has 0 heterocycles. The van der Waals surface area contributed by atoms with E-state index in [2.05, 4.69) is 75.0 Å². The van der Waals surface area contributed by atoms with E-state index in [1.807, 2.05) is 13.8 Å². The fourth-order valence-electron chi connectivity index (χ4n) is 2.56. The van der Waals surface area contributed by atoms with E-state index in [0.717, 1.165) is 0 Å². The predicted octanol–water partition coefficient (Wildman–Crippen LogP) is 6.18. The molecule has 0 aliphatic rings. The van der Waals surface area contributed by atoms with Crippen molar-refractivity contribution in [1.82, 2.24) is 0 Å². The highest BCUT2D eigenvalue weighted by Crippen LogP contribution is 2.31. The minimum atomic E-state index is 1.37. The largest absolute Gasteiger partial charge is 0.183 e. The van der Waals surface area contributed by atoms with Gasteiger partial charge in [-0.25, -0.2) is 0 Å². The van der Waals surface area contributed by atoms with E-state index < -0.39 is 0 Å². The van der Waals surface area contributed by atoms with Crippen molar-refractivity contribution in [3.8, 4) is 0 Å². The highest BCUT2D eigenvalue weighted by Gasteiger charge is 2.06. The van der Waals surface area contributed by atoms with E-state index in [0.29, 0.717) is 0 Å². The maximum absolute atomic E-state index is 3.53. The van der Waals surface area contributed by atoms with Gasteiger partial charge in [0.25, 0.3) is 0 Å². The molecule has 0 N–H and O–H groups in total. The van der Waals surface area contributed by atoms with E-state index in [1.165, 1.54) is 32.7 Å². The summed E-state index contributed by atoms with van der Waals surface area (Å²) in [6.45, 7) is 8.42. The second kappa shape index (κ2) is 7.96. The number of hydrogen-bond donors (Lipinski definition) is 1. The first kappa shape index (κ1) is 16.6. The van der Waals surface area contributed by atoms with Crippen LogP contribution in [0.2, 0.25) is 0 Å². The van der Waals surface area contributed by atoms with Crippen LogP contribution in [0, 0.1) is 13.8 Å². The minimum absolute atomic E-state index is 1.37. The van der Waals surface area contributed by atoms with Crippen molar-refractivity contribution >= 4 is 34.2 Å². The summed E-state index contributed by atoms with van der Waals surface area (Å²) in [4.78, 5) is 0. The van der Waals surface area contributed by atoms with Crippen LogP contribution in [0.3, 0.4) is 0 Å². The highest BCUT2D eigenvalue weighted by atomic mass is 32.1. The van der Waals surface area contributed by atoms with Gasteiger partial charge in [0.2, 0.25) is 0 Å². The van der Waals surface area contributed by atoms with Crippen molar-refractivity contribution in [2.24, 2.45) is 0 Å². The molecule has 0 amide bonds. The molecule has 3 rings (SSSR count). The number of benzene rings is 3. The third kappa shape index (κ3) is 2.99. The van der Waals surface area contributed by atoms with E-state index in [1.54, 1.807) is 6.26 Å². The van der Waals surface area contributed by atoms with Gasteiger partial charge in [-0.1, -0.05) is 62.4 Å². The first-order chi connectivity index (χ1) is 9.79. The molecular weight excluding hydrogens is 260 g/mol. The van der Waals surface area contributed by atoms with Crippen molar-refractivity contribution < 1.29 is 0 Å². The number of aryl methyl sites for hydroxylation is 2. The smallest absolute Gasteiger partial charge is 0.0146 e. The molecule has 106 valence electrons. The maximum Gasteiger partial charge on any atom is -0.0146 e. The number of fused-ring (bicyclic) bond motifs is 2. The fraction of sp³-hybridized carbons (Fsp3) is 0.263. The lowest BCUT2D eigenvalue weighted by molar-refractivity contribution is 1.50. The summed E-state index contributed by atoms with van der Waals surface area (Å²) in [6, 6.07) is 17.3. The van der Waals surface area contributed by atoms with Gasteiger partial charge in [-0.15, -0.1) is 0 Å². The average molecular weight is 284 g/mol.